The third-order valence-electron chi connectivity index (χ3n) is 4.42. The molecule has 0 aliphatic carbocycles. The van der Waals surface area contributed by atoms with E-state index in [1.54, 1.807) is 4.90 Å². The Morgan fingerprint density at radius 1 is 1.08 bits per heavy atom. The standard InChI is InChI=1S/C20H23N3O2/c1-15-9-11-17(12-10-15)22-19(24)18-8-5-13-23(18)20(25)21-14-16-6-3-2-4-7-16/h2-4,6-7,9-12,18H,5,8,13-14H2,1H3,(H,21,25)(H,22,24)/t18-/m0/s1. The van der Waals surface area contributed by atoms with Gasteiger partial charge >= 0.3 is 6.03 Å². The molecule has 0 saturated carbocycles. The Morgan fingerprint density at radius 3 is 2.52 bits per heavy atom. The van der Waals surface area contributed by atoms with E-state index in [1.807, 2.05) is 61.5 Å². The second-order valence-corrected chi connectivity index (χ2v) is 6.35. The molecule has 0 spiro atoms. The SMILES string of the molecule is Cc1ccc(NC(=O)[C@@H]2CCCN2C(=O)NCc2ccccc2)cc1. The highest BCUT2D eigenvalue weighted by Crippen LogP contribution is 2.19. The van der Waals surface area contributed by atoms with E-state index in [1.165, 1.54) is 0 Å². The van der Waals surface area contributed by atoms with Crippen molar-refractivity contribution in [2.75, 3.05) is 11.9 Å². The van der Waals surface area contributed by atoms with Gasteiger partial charge in [-0.1, -0.05) is 48.0 Å². The quantitative estimate of drug-likeness (QED) is 0.899. The molecule has 25 heavy (non-hydrogen) atoms. The van der Waals surface area contributed by atoms with Crippen LogP contribution in [0.5, 0.6) is 0 Å². The van der Waals surface area contributed by atoms with Crippen molar-refractivity contribution in [3.63, 3.8) is 0 Å². The number of nitrogens with zero attached hydrogens (tertiary/aromatic N) is 1. The lowest BCUT2D eigenvalue weighted by molar-refractivity contribution is -0.119. The first-order chi connectivity index (χ1) is 12.1. The van der Waals surface area contributed by atoms with Gasteiger partial charge < -0.3 is 15.5 Å². The minimum atomic E-state index is -0.419. The summed E-state index contributed by atoms with van der Waals surface area (Å²) in [6.45, 7) is 3.07. The molecule has 1 aliphatic rings. The van der Waals surface area contributed by atoms with E-state index in [0.29, 0.717) is 19.5 Å². The summed E-state index contributed by atoms with van der Waals surface area (Å²) in [5.41, 5.74) is 2.93. The summed E-state index contributed by atoms with van der Waals surface area (Å²) >= 11 is 0. The van der Waals surface area contributed by atoms with Gasteiger partial charge in [0.25, 0.3) is 0 Å². The molecule has 1 saturated heterocycles. The number of anilines is 1. The third-order valence-corrected chi connectivity index (χ3v) is 4.42. The van der Waals surface area contributed by atoms with Crippen LogP contribution < -0.4 is 10.6 Å². The van der Waals surface area contributed by atoms with Gasteiger partial charge in [0, 0.05) is 18.8 Å². The zero-order chi connectivity index (χ0) is 17.6. The van der Waals surface area contributed by atoms with Gasteiger partial charge in [-0.05, 0) is 37.5 Å². The average molecular weight is 337 g/mol. The fourth-order valence-corrected chi connectivity index (χ4v) is 3.02. The first-order valence-electron chi connectivity index (χ1n) is 8.59. The van der Waals surface area contributed by atoms with Crippen LogP contribution in [0.3, 0.4) is 0 Å². The summed E-state index contributed by atoms with van der Waals surface area (Å²) in [6.07, 6.45) is 1.53. The van der Waals surface area contributed by atoms with Gasteiger partial charge in [-0.25, -0.2) is 4.79 Å². The fraction of sp³-hybridized carbons (Fsp3) is 0.300. The van der Waals surface area contributed by atoms with E-state index in [0.717, 1.165) is 23.2 Å². The van der Waals surface area contributed by atoms with Crippen LogP contribution in [-0.4, -0.2) is 29.4 Å². The van der Waals surface area contributed by atoms with Crippen molar-refractivity contribution >= 4 is 17.6 Å². The first-order valence-corrected chi connectivity index (χ1v) is 8.59. The Balaban J connectivity index is 1.58. The Bertz CT molecular complexity index is 728. The zero-order valence-electron chi connectivity index (χ0n) is 14.4. The van der Waals surface area contributed by atoms with Crippen LogP contribution in [0, 0.1) is 6.92 Å². The van der Waals surface area contributed by atoms with Crippen LogP contribution in [0.2, 0.25) is 0 Å². The second kappa shape index (κ2) is 7.83. The summed E-state index contributed by atoms with van der Waals surface area (Å²) in [5, 5.41) is 5.81. The van der Waals surface area contributed by atoms with E-state index in [9.17, 15) is 9.59 Å². The normalized spacial score (nSPS) is 16.5. The molecule has 0 bridgehead atoms. The summed E-state index contributed by atoms with van der Waals surface area (Å²) in [6, 6.07) is 16.8. The number of nitrogens with one attached hydrogen (secondary N) is 2. The number of likely N-dealkylation sites (tertiary alicyclic amines) is 1. The number of carbonyl (C=O) groups excluding carboxylic acids is 2. The molecule has 5 nitrogen and oxygen atoms in total. The van der Waals surface area contributed by atoms with Crippen molar-refractivity contribution in [1.29, 1.82) is 0 Å². The second-order valence-electron chi connectivity index (χ2n) is 6.35. The Hall–Kier alpha value is -2.82. The number of rotatable bonds is 4. The van der Waals surface area contributed by atoms with Crippen LogP contribution in [0.25, 0.3) is 0 Å². The first kappa shape index (κ1) is 17.0. The Kier molecular flexibility index (Phi) is 5.33. The number of benzene rings is 2. The Labute approximate surface area is 148 Å². The lowest BCUT2D eigenvalue weighted by atomic mass is 10.2. The van der Waals surface area contributed by atoms with Gasteiger partial charge in [0.05, 0.1) is 0 Å². The molecule has 2 aromatic carbocycles. The van der Waals surface area contributed by atoms with Gasteiger partial charge in [0.2, 0.25) is 5.91 Å². The zero-order valence-corrected chi connectivity index (χ0v) is 14.4. The predicted molar refractivity (Wildman–Crippen MR) is 98.2 cm³/mol. The lowest BCUT2D eigenvalue weighted by Crippen LogP contribution is -2.47. The van der Waals surface area contributed by atoms with Crippen molar-refractivity contribution < 1.29 is 9.59 Å². The molecule has 1 atom stereocenters. The Morgan fingerprint density at radius 2 is 1.80 bits per heavy atom. The molecular weight excluding hydrogens is 314 g/mol. The van der Waals surface area contributed by atoms with Crippen LogP contribution in [-0.2, 0) is 11.3 Å². The number of hydrogen-bond acceptors (Lipinski definition) is 2. The van der Waals surface area contributed by atoms with E-state index in [2.05, 4.69) is 10.6 Å². The minimum absolute atomic E-state index is 0.129. The molecule has 3 amide bonds. The van der Waals surface area contributed by atoms with E-state index >= 15 is 0 Å². The lowest BCUT2D eigenvalue weighted by Gasteiger charge is -2.24. The molecule has 2 N–H and O–H groups in total. The minimum Gasteiger partial charge on any atom is -0.334 e. The molecule has 130 valence electrons. The summed E-state index contributed by atoms with van der Waals surface area (Å²) < 4.78 is 0. The van der Waals surface area contributed by atoms with Crippen molar-refractivity contribution in [3.05, 3.63) is 65.7 Å². The van der Waals surface area contributed by atoms with Crippen molar-refractivity contribution in [2.45, 2.75) is 32.4 Å². The maximum atomic E-state index is 12.6. The van der Waals surface area contributed by atoms with Crippen LogP contribution in [0.1, 0.15) is 24.0 Å². The molecule has 1 fully saturated rings. The van der Waals surface area contributed by atoms with Crippen molar-refractivity contribution in [1.82, 2.24) is 10.2 Å². The molecule has 1 heterocycles. The van der Waals surface area contributed by atoms with E-state index in [-0.39, 0.29) is 11.9 Å². The van der Waals surface area contributed by atoms with Crippen LogP contribution in [0.15, 0.2) is 54.6 Å². The van der Waals surface area contributed by atoms with E-state index < -0.39 is 6.04 Å². The van der Waals surface area contributed by atoms with Crippen molar-refractivity contribution in [3.8, 4) is 0 Å². The molecular formula is C20H23N3O2. The smallest absolute Gasteiger partial charge is 0.318 e. The average Bonchev–Trinajstić information content (AvgIpc) is 3.12. The fourth-order valence-electron chi connectivity index (χ4n) is 3.02. The van der Waals surface area contributed by atoms with Crippen LogP contribution in [0.4, 0.5) is 10.5 Å². The number of hydrogen-bond donors (Lipinski definition) is 2. The van der Waals surface area contributed by atoms with Gasteiger partial charge in [0.1, 0.15) is 6.04 Å². The number of urea groups is 1. The molecule has 0 radical (unpaired) electrons. The molecule has 5 heteroatoms. The third kappa shape index (κ3) is 4.38. The molecule has 2 aromatic rings. The molecule has 0 aromatic heterocycles. The van der Waals surface area contributed by atoms with Gasteiger partial charge in [-0.15, -0.1) is 0 Å². The van der Waals surface area contributed by atoms with Gasteiger partial charge in [-0.2, -0.15) is 0 Å². The maximum Gasteiger partial charge on any atom is 0.318 e. The highest BCUT2D eigenvalue weighted by Gasteiger charge is 2.34. The topological polar surface area (TPSA) is 61.4 Å². The number of amides is 3. The monoisotopic (exact) mass is 337 g/mol. The summed E-state index contributed by atoms with van der Waals surface area (Å²) in [7, 11) is 0. The molecule has 3 rings (SSSR count). The van der Waals surface area contributed by atoms with E-state index in [4.69, 9.17) is 0 Å². The molecule has 1 aliphatic heterocycles. The maximum absolute atomic E-state index is 12.6. The predicted octanol–water partition coefficient (Wildman–Crippen LogP) is 3.31. The highest BCUT2D eigenvalue weighted by molar-refractivity contribution is 5.97. The highest BCUT2D eigenvalue weighted by atomic mass is 16.2. The van der Waals surface area contributed by atoms with Crippen molar-refractivity contribution in [2.24, 2.45) is 0 Å². The summed E-state index contributed by atoms with van der Waals surface area (Å²) in [5.74, 6) is -0.129. The molecule has 0 unspecified atom stereocenters. The number of aryl methyl sites for hydroxylation is 1. The largest absolute Gasteiger partial charge is 0.334 e. The van der Waals surface area contributed by atoms with Gasteiger partial charge in [0.15, 0.2) is 0 Å². The van der Waals surface area contributed by atoms with Gasteiger partial charge in [-0.3, -0.25) is 4.79 Å². The summed E-state index contributed by atoms with van der Waals surface area (Å²) in [4.78, 5) is 26.7. The number of carbonyl (C=O) groups is 2. The van der Waals surface area contributed by atoms with Crippen LogP contribution >= 0.6 is 0 Å².